The summed E-state index contributed by atoms with van der Waals surface area (Å²) in [5.74, 6) is -0.511. The normalized spacial score (nSPS) is 22.2. The number of nitrogens with one attached hydrogen (secondary N) is 1. The Bertz CT molecular complexity index is 697. The summed E-state index contributed by atoms with van der Waals surface area (Å²) in [6, 6.07) is 2.12. The van der Waals surface area contributed by atoms with Crippen LogP contribution in [0.3, 0.4) is 0 Å². The molecule has 6 nitrogen and oxygen atoms in total. The van der Waals surface area contributed by atoms with Crippen molar-refractivity contribution in [1.29, 1.82) is 0 Å². The summed E-state index contributed by atoms with van der Waals surface area (Å²) in [6.45, 7) is 2.12. The van der Waals surface area contributed by atoms with E-state index in [0.717, 1.165) is 37.6 Å². The largest absolute Gasteiger partial charge is 0.433 e. The Kier molecular flexibility index (Phi) is 6.23. The highest BCUT2D eigenvalue weighted by Gasteiger charge is 2.32. The van der Waals surface area contributed by atoms with Crippen molar-refractivity contribution in [2.24, 2.45) is 22.4 Å². The van der Waals surface area contributed by atoms with E-state index >= 15 is 0 Å². The molecule has 0 saturated heterocycles. The summed E-state index contributed by atoms with van der Waals surface area (Å²) in [5, 5.41) is 3.16. The minimum absolute atomic E-state index is 0.0253. The van der Waals surface area contributed by atoms with E-state index in [2.05, 4.69) is 22.2 Å². The molecule has 1 aromatic heterocycles. The summed E-state index contributed by atoms with van der Waals surface area (Å²) in [5.41, 5.74) is 10.2. The van der Waals surface area contributed by atoms with Gasteiger partial charge in [-0.05, 0) is 30.9 Å². The van der Waals surface area contributed by atoms with Gasteiger partial charge in [0.25, 0.3) is 5.91 Å². The molecule has 2 atom stereocenters. The Morgan fingerprint density at radius 3 is 2.54 bits per heavy atom. The van der Waals surface area contributed by atoms with Crippen LogP contribution in [0.25, 0.3) is 0 Å². The molecule has 1 aliphatic carbocycles. The molecular formula is C17H22F3N5O. The lowest BCUT2D eigenvalue weighted by molar-refractivity contribution is -0.141. The van der Waals surface area contributed by atoms with Gasteiger partial charge in [0.1, 0.15) is 11.5 Å². The van der Waals surface area contributed by atoms with Crippen molar-refractivity contribution in [2.75, 3.05) is 0 Å². The molecule has 2 rings (SSSR count). The molecule has 1 aromatic rings. The van der Waals surface area contributed by atoms with Gasteiger partial charge in [0.2, 0.25) is 0 Å². The van der Waals surface area contributed by atoms with Crippen LogP contribution in [0.15, 0.2) is 35.1 Å². The number of nitrogens with zero attached hydrogens (tertiary/aromatic N) is 2. The third-order valence-corrected chi connectivity index (χ3v) is 4.38. The molecular weight excluding hydrogens is 347 g/mol. The molecule has 9 heteroatoms. The molecule has 0 aromatic carbocycles. The highest BCUT2D eigenvalue weighted by molar-refractivity contribution is 6.20. The molecule has 0 aliphatic heterocycles. The van der Waals surface area contributed by atoms with Crippen molar-refractivity contribution in [3.8, 4) is 0 Å². The molecule has 0 bridgehead atoms. The number of hydrogen-bond acceptors (Lipinski definition) is 4. The first-order chi connectivity index (χ1) is 12.2. The molecule has 0 spiro atoms. The maximum atomic E-state index is 12.5. The van der Waals surface area contributed by atoms with E-state index in [0.29, 0.717) is 5.92 Å². The lowest BCUT2D eigenvalue weighted by Crippen LogP contribution is -2.36. The van der Waals surface area contributed by atoms with E-state index < -0.39 is 17.8 Å². The predicted octanol–water partition coefficient (Wildman–Crippen LogP) is 2.63. The zero-order valence-electron chi connectivity index (χ0n) is 14.4. The molecule has 0 radical (unpaired) electrons. The van der Waals surface area contributed by atoms with Gasteiger partial charge >= 0.3 is 6.18 Å². The maximum Gasteiger partial charge on any atom is 0.433 e. The Balaban J connectivity index is 2.16. The van der Waals surface area contributed by atoms with Crippen molar-refractivity contribution in [2.45, 2.75) is 44.8 Å². The summed E-state index contributed by atoms with van der Waals surface area (Å²) < 4.78 is 37.6. The van der Waals surface area contributed by atoms with Crippen LogP contribution in [-0.4, -0.2) is 22.8 Å². The van der Waals surface area contributed by atoms with Crippen LogP contribution in [0, 0.1) is 5.92 Å². The highest BCUT2D eigenvalue weighted by Crippen LogP contribution is 2.28. The van der Waals surface area contributed by atoms with Gasteiger partial charge in [-0.3, -0.25) is 4.79 Å². The predicted molar refractivity (Wildman–Crippen MR) is 92.4 cm³/mol. The van der Waals surface area contributed by atoms with E-state index in [1.807, 2.05) is 0 Å². The van der Waals surface area contributed by atoms with Crippen LogP contribution >= 0.6 is 0 Å². The molecule has 1 heterocycles. The SMILES string of the molecule is C[C@H]1CCCCC1N/C=C(/C(N)=O)C(N)=Nc1ccc(C(F)(F)F)nc1. The Morgan fingerprint density at radius 2 is 2.00 bits per heavy atom. The standard InChI is InChI=1S/C17H22F3N5O/c1-10-4-2-3-5-13(10)23-9-12(16(22)26)15(21)25-11-6-7-14(24-8-11)17(18,19)20/h6-10,13,23H,2-5H2,1H3,(H2,21,25)(H2,22,26)/b12-9+/t10-,13?/m0/s1. The number of aromatic nitrogens is 1. The summed E-state index contributed by atoms with van der Waals surface area (Å²) in [7, 11) is 0. The summed E-state index contributed by atoms with van der Waals surface area (Å²) in [4.78, 5) is 18.9. The molecule has 142 valence electrons. The number of carbonyl (C=O) groups excluding carboxylic acids is 1. The molecule has 1 fully saturated rings. The minimum atomic E-state index is -4.54. The Hall–Kier alpha value is -2.58. The van der Waals surface area contributed by atoms with Gasteiger partial charge < -0.3 is 16.8 Å². The number of pyridine rings is 1. The lowest BCUT2D eigenvalue weighted by Gasteiger charge is -2.29. The van der Waals surface area contributed by atoms with Crippen LogP contribution in [-0.2, 0) is 11.0 Å². The van der Waals surface area contributed by atoms with Crippen molar-refractivity contribution in [3.05, 3.63) is 35.8 Å². The Morgan fingerprint density at radius 1 is 1.31 bits per heavy atom. The van der Waals surface area contributed by atoms with E-state index in [4.69, 9.17) is 11.5 Å². The van der Waals surface area contributed by atoms with Crippen LogP contribution in [0.1, 0.15) is 38.3 Å². The number of alkyl halides is 3. The Labute approximate surface area is 149 Å². The lowest BCUT2D eigenvalue weighted by atomic mass is 9.86. The van der Waals surface area contributed by atoms with Gasteiger partial charge in [0, 0.05) is 12.2 Å². The van der Waals surface area contributed by atoms with Crippen LogP contribution in [0.2, 0.25) is 0 Å². The van der Waals surface area contributed by atoms with Crippen molar-refractivity contribution in [1.82, 2.24) is 10.3 Å². The molecule has 5 N–H and O–H groups in total. The molecule has 1 unspecified atom stereocenters. The van der Waals surface area contributed by atoms with Gasteiger partial charge in [-0.25, -0.2) is 9.98 Å². The second-order valence-corrected chi connectivity index (χ2v) is 6.35. The van der Waals surface area contributed by atoms with Gasteiger partial charge in [0.05, 0.1) is 17.5 Å². The molecule has 26 heavy (non-hydrogen) atoms. The van der Waals surface area contributed by atoms with Crippen LogP contribution in [0.4, 0.5) is 18.9 Å². The number of amidine groups is 1. The zero-order valence-corrected chi connectivity index (χ0v) is 14.4. The highest BCUT2D eigenvalue weighted by atomic mass is 19.4. The van der Waals surface area contributed by atoms with Gasteiger partial charge in [-0.2, -0.15) is 13.2 Å². The van der Waals surface area contributed by atoms with Gasteiger partial charge in [-0.15, -0.1) is 0 Å². The fraction of sp³-hybridized carbons (Fsp3) is 0.471. The average molecular weight is 369 g/mol. The van der Waals surface area contributed by atoms with Crippen molar-refractivity contribution < 1.29 is 18.0 Å². The third-order valence-electron chi connectivity index (χ3n) is 4.38. The number of primary amides is 1. The molecule has 1 aliphatic rings. The first-order valence-corrected chi connectivity index (χ1v) is 8.32. The summed E-state index contributed by atoms with van der Waals surface area (Å²) in [6.07, 6.45) is 2.18. The smallest absolute Gasteiger partial charge is 0.387 e. The molecule has 1 saturated carbocycles. The quantitative estimate of drug-likeness (QED) is 0.421. The maximum absolute atomic E-state index is 12.5. The monoisotopic (exact) mass is 369 g/mol. The van der Waals surface area contributed by atoms with Crippen LogP contribution in [0.5, 0.6) is 0 Å². The number of nitrogens with two attached hydrogens (primary N) is 2. The van der Waals surface area contributed by atoms with Gasteiger partial charge in [0.15, 0.2) is 0 Å². The van der Waals surface area contributed by atoms with Crippen molar-refractivity contribution in [3.63, 3.8) is 0 Å². The fourth-order valence-electron chi connectivity index (χ4n) is 2.84. The van der Waals surface area contributed by atoms with E-state index in [-0.39, 0.29) is 23.1 Å². The fourth-order valence-corrected chi connectivity index (χ4v) is 2.84. The van der Waals surface area contributed by atoms with E-state index in [1.165, 1.54) is 12.6 Å². The number of carbonyl (C=O) groups is 1. The van der Waals surface area contributed by atoms with E-state index in [1.54, 1.807) is 0 Å². The number of amides is 1. The number of rotatable bonds is 5. The van der Waals surface area contributed by atoms with Gasteiger partial charge in [-0.1, -0.05) is 19.8 Å². The minimum Gasteiger partial charge on any atom is -0.387 e. The first-order valence-electron chi connectivity index (χ1n) is 8.32. The van der Waals surface area contributed by atoms with E-state index in [9.17, 15) is 18.0 Å². The summed E-state index contributed by atoms with van der Waals surface area (Å²) >= 11 is 0. The second kappa shape index (κ2) is 8.20. The third kappa shape index (κ3) is 5.21. The van der Waals surface area contributed by atoms with Crippen LogP contribution < -0.4 is 16.8 Å². The van der Waals surface area contributed by atoms with Crippen molar-refractivity contribution >= 4 is 17.4 Å². The number of halogens is 3. The number of hydrogen-bond donors (Lipinski definition) is 3. The second-order valence-electron chi connectivity index (χ2n) is 6.35. The first kappa shape index (κ1) is 19.7. The topological polar surface area (TPSA) is 106 Å². The number of aliphatic imine (C=N–C) groups is 1. The molecule has 1 amide bonds. The average Bonchev–Trinajstić information content (AvgIpc) is 2.56. The zero-order chi connectivity index (χ0) is 19.3.